The van der Waals surface area contributed by atoms with Crippen LogP contribution in [0.15, 0.2) is 140 Å². The minimum Gasteiger partial charge on any atom is -0.456 e. The largest absolute Gasteiger partial charge is 0.456 e. The molecule has 0 fully saturated rings. The summed E-state index contributed by atoms with van der Waals surface area (Å²) in [6.07, 6.45) is 0. The normalized spacial score (nSPS) is 11.8. The van der Waals surface area contributed by atoms with E-state index in [2.05, 4.69) is 0 Å². The van der Waals surface area contributed by atoms with E-state index in [0.717, 1.165) is 44.3 Å². The molecule has 0 spiro atoms. The van der Waals surface area contributed by atoms with Crippen LogP contribution in [0.1, 0.15) is 0 Å². The Morgan fingerprint density at radius 1 is 0.455 bits per heavy atom. The van der Waals surface area contributed by atoms with Crippen LogP contribution in [0.2, 0.25) is 0 Å². The van der Waals surface area contributed by atoms with Crippen molar-refractivity contribution in [3.05, 3.63) is 142 Å². The first kappa shape index (κ1) is 24.5. The molecular formula is C38H20N2O4. The standard InChI is InChI=1S/C38H20N2O4/c41-36-25-13-18-34-35(37(42)27-20-24(11-16-32(27)43-34)31-15-10-22-6-2-4-8-29(22)40-31)38(25)44-33-17-12-23(19-26(33)36)30-14-9-21-5-1-3-7-28(21)39-30/h1-20H. The van der Waals surface area contributed by atoms with Gasteiger partial charge in [-0.2, -0.15) is 0 Å². The molecule has 4 heterocycles. The lowest BCUT2D eigenvalue weighted by molar-refractivity contribution is 0.649. The third-order valence-corrected chi connectivity index (χ3v) is 8.26. The van der Waals surface area contributed by atoms with Gasteiger partial charge in [-0.3, -0.25) is 9.59 Å². The van der Waals surface area contributed by atoms with Gasteiger partial charge in [-0.05, 0) is 72.8 Å². The average molecular weight is 569 g/mol. The van der Waals surface area contributed by atoms with Crippen LogP contribution in [-0.2, 0) is 0 Å². The minimum absolute atomic E-state index is 0.210. The van der Waals surface area contributed by atoms with Crippen molar-refractivity contribution in [1.82, 2.24) is 9.97 Å². The zero-order valence-corrected chi connectivity index (χ0v) is 23.1. The minimum atomic E-state index is -0.269. The Morgan fingerprint density at radius 2 is 1.00 bits per heavy atom. The summed E-state index contributed by atoms with van der Waals surface area (Å²) in [4.78, 5) is 37.4. The number of rotatable bonds is 2. The summed E-state index contributed by atoms with van der Waals surface area (Å²) in [7, 11) is 0. The van der Waals surface area contributed by atoms with Gasteiger partial charge < -0.3 is 8.83 Å². The van der Waals surface area contributed by atoms with Gasteiger partial charge in [0.2, 0.25) is 10.9 Å². The summed E-state index contributed by atoms with van der Waals surface area (Å²) in [5, 5.41) is 3.43. The summed E-state index contributed by atoms with van der Waals surface area (Å²) < 4.78 is 12.5. The van der Waals surface area contributed by atoms with Crippen molar-refractivity contribution in [3.8, 4) is 22.5 Å². The first-order valence-electron chi connectivity index (χ1n) is 14.2. The van der Waals surface area contributed by atoms with E-state index in [1.807, 2.05) is 84.9 Å². The molecule has 0 N–H and O–H groups in total. The van der Waals surface area contributed by atoms with E-state index in [1.165, 1.54) is 0 Å². The van der Waals surface area contributed by atoms with Crippen molar-refractivity contribution in [1.29, 1.82) is 0 Å². The van der Waals surface area contributed by atoms with Gasteiger partial charge in [0, 0.05) is 21.9 Å². The lowest BCUT2D eigenvalue weighted by Crippen LogP contribution is -2.07. The van der Waals surface area contributed by atoms with E-state index in [-0.39, 0.29) is 21.8 Å². The third-order valence-electron chi connectivity index (χ3n) is 8.26. The van der Waals surface area contributed by atoms with E-state index < -0.39 is 0 Å². The topological polar surface area (TPSA) is 86.2 Å². The molecule has 0 bridgehead atoms. The summed E-state index contributed by atoms with van der Waals surface area (Å²) in [5.74, 6) is 0. The van der Waals surface area contributed by atoms with Crippen LogP contribution in [0.4, 0.5) is 0 Å². The summed E-state index contributed by atoms with van der Waals surface area (Å²) in [6, 6.07) is 37.9. The molecule has 4 aromatic heterocycles. The number of pyridine rings is 2. The zero-order chi connectivity index (χ0) is 29.4. The maximum absolute atomic E-state index is 14.0. The SMILES string of the molecule is O=c1c2cc(-c3ccc4ccccc4n3)ccc2oc2c1ccc1oc3ccc(-c4ccc5ccccc5n4)cc3c(=O)c12. The maximum Gasteiger partial charge on any atom is 0.204 e. The monoisotopic (exact) mass is 568 g/mol. The van der Waals surface area contributed by atoms with Crippen LogP contribution in [0.5, 0.6) is 0 Å². The lowest BCUT2D eigenvalue weighted by atomic mass is 10.0. The highest BCUT2D eigenvalue weighted by Crippen LogP contribution is 2.31. The van der Waals surface area contributed by atoms with Crippen molar-refractivity contribution in [2.45, 2.75) is 0 Å². The molecular weight excluding hydrogens is 548 g/mol. The fraction of sp³-hybridized carbons (Fsp3) is 0. The van der Waals surface area contributed by atoms with Crippen LogP contribution in [0, 0.1) is 0 Å². The van der Waals surface area contributed by atoms with Crippen LogP contribution < -0.4 is 10.9 Å². The second kappa shape index (κ2) is 9.18. The fourth-order valence-electron chi connectivity index (χ4n) is 6.02. The number of hydrogen-bond donors (Lipinski definition) is 0. The Morgan fingerprint density at radius 3 is 1.64 bits per heavy atom. The van der Waals surface area contributed by atoms with Gasteiger partial charge in [0.05, 0.1) is 38.6 Å². The number of para-hydroxylation sites is 2. The number of fused-ring (bicyclic) bond motifs is 7. The smallest absolute Gasteiger partial charge is 0.204 e. The molecule has 6 nitrogen and oxygen atoms in total. The highest BCUT2D eigenvalue weighted by atomic mass is 16.3. The predicted octanol–water partition coefficient (Wildman–Crippen LogP) is 8.64. The highest BCUT2D eigenvalue weighted by Gasteiger charge is 2.18. The van der Waals surface area contributed by atoms with Crippen molar-refractivity contribution in [2.24, 2.45) is 0 Å². The van der Waals surface area contributed by atoms with Crippen LogP contribution >= 0.6 is 0 Å². The van der Waals surface area contributed by atoms with Gasteiger partial charge in [-0.1, -0.05) is 48.5 Å². The van der Waals surface area contributed by atoms with Crippen LogP contribution in [0.25, 0.3) is 88.2 Å². The molecule has 0 aliphatic carbocycles. The van der Waals surface area contributed by atoms with E-state index >= 15 is 0 Å². The molecule has 9 aromatic rings. The Hall–Kier alpha value is -6.14. The molecule has 0 saturated carbocycles. The predicted molar refractivity (Wildman–Crippen MR) is 175 cm³/mol. The van der Waals surface area contributed by atoms with Crippen molar-refractivity contribution >= 4 is 65.7 Å². The molecule has 0 atom stereocenters. The Bertz CT molecular complexity index is 2780. The Kier molecular flexibility index (Phi) is 5.10. The third kappa shape index (κ3) is 3.68. The molecule has 6 heteroatoms. The molecule has 9 rings (SSSR count). The molecule has 0 aliphatic rings. The zero-order valence-electron chi connectivity index (χ0n) is 23.1. The number of hydrogen-bond acceptors (Lipinski definition) is 6. The maximum atomic E-state index is 14.0. The van der Waals surface area contributed by atoms with Gasteiger partial charge in [0.1, 0.15) is 22.1 Å². The summed E-state index contributed by atoms with van der Waals surface area (Å²) >= 11 is 0. The summed E-state index contributed by atoms with van der Waals surface area (Å²) in [6.45, 7) is 0. The molecule has 0 unspecified atom stereocenters. The van der Waals surface area contributed by atoms with E-state index in [4.69, 9.17) is 18.8 Å². The molecule has 5 aromatic carbocycles. The average Bonchev–Trinajstić information content (AvgIpc) is 3.07. The Balaban J connectivity index is 1.24. The molecule has 0 amide bonds. The number of nitrogens with zero attached hydrogens (tertiary/aromatic N) is 2. The number of benzene rings is 5. The number of aromatic nitrogens is 2. The molecule has 44 heavy (non-hydrogen) atoms. The lowest BCUT2D eigenvalue weighted by Gasteiger charge is -2.09. The van der Waals surface area contributed by atoms with Crippen molar-refractivity contribution in [3.63, 3.8) is 0 Å². The molecule has 0 saturated heterocycles. The quantitative estimate of drug-likeness (QED) is 0.153. The van der Waals surface area contributed by atoms with Gasteiger partial charge >= 0.3 is 0 Å². The Labute approximate surface area is 248 Å². The molecule has 206 valence electrons. The summed E-state index contributed by atoms with van der Waals surface area (Å²) in [5.41, 5.74) is 5.74. The molecule has 0 radical (unpaired) electrons. The second-order valence-corrected chi connectivity index (χ2v) is 10.9. The van der Waals surface area contributed by atoms with Gasteiger partial charge in [0.25, 0.3) is 0 Å². The van der Waals surface area contributed by atoms with Crippen molar-refractivity contribution < 1.29 is 8.83 Å². The van der Waals surface area contributed by atoms with Crippen molar-refractivity contribution in [2.75, 3.05) is 0 Å². The second-order valence-electron chi connectivity index (χ2n) is 10.9. The van der Waals surface area contributed by atoms with Gasteiger partial charge in [0.15, 0.2) is 5.58 Å². The first-order valence-corrected chi connectivity index (χ1v) is 14.2. The highest BCUT2D eigenvalue weighted by molar-refractivity contribution is 6.08. The molecule has 0 aliphatic heterocycles. The fourth-order valence-corrected chi connectivity index (χ4v) is 6.02. The van der Waals surface area contributed by atoms with Gasteiger partial charge in [-0.15, -0.1) is 0 Å². The van der Waals surface area contributed by atoms with E-state index in [0.29, 0.717) is 32.9 Å². The van der Waals surface area contributed by atoms with Crippen LogP contribution in [-0.4, -0.2) is 9.97 Å². The first-order chi connectivity index (χ1) is 21.6. The van der Waals surface area contributed by atoms with Gasteiger partial charge in [-0.25, -0.2) is 9.97 Å². The van der Waals surface area contributed by atoms with E-state index in [9.17, 15) is 9.59 Å². The van der Waals surface area contributed by atoms with Crippen LogP contribution in [0.3, 0.4) is 0 Å². The van der Waals surface area contributed by atoms with E-state index in [1.54, 1.807) is 36.4 Å².